The molecule has 0 saturated carbocycles. The summed E-state index contributed by atoms with van der Waals surface area (Å²) in [5, 5.41) is 3.51. The summed E-state index contributed by atoms with van der Waals surface area (Å²) in [5.41, 5.74) is 2.04. The van der Waals surface area contributed by atoms with Gasteiger partial charge in [0.15, 0.2) is 0 Å². The fourth-order valence-electron chi connectivity index (χ4n) is 4.24. The number of nitrogens with one attached hydrogen (secondary N) is 2. The van der Waals surface area contributed by atoms with Crippen LogP contribution < -0.4 is 11.0 Å². The monoisotopic (exact) mass is 314 g/mol. The zero-order valence-corrected chi connectivity index (χ0v) is 13.6. The number of imidazole rings is 1. The van der Waals surface area contributed by atoms with Gasteiger partial charge in [0.05, 0.1) is 11.0 Å². The van der Waals surface area contributed by atoms with Crippen LogP contribution in [-0.4, -0.2) is 47.2 Å². The fraction of sp³-hybridized carbons (Fsp3) is 0.611. The topological polar surface area (TPSA) is 53.1 Å². The third-order valence-corrected chi connectivity index (χ3v) is 5.46. The molecular weight excluding hydrogens is 288 g/mol. The second kappa shape index (κ2) is 6.49. The quantitative estimate of drug-likeness (QED) is 0.911. The smallest absolute Gasteiger partial charge is 0.316 e. The molecule has 2 aliphatic rings. The summed E-state index contributed by atoms with van der Waals surface area (Å²) in [6, 6.07) is 8.35. The first kappa shape index (κ1) is 15.0. The van der Waals surface area contributed by atoms with E-state index in [0.717, 1.165) is 42.9 Å². The lowest BCUT2D eigenvalue weighted by Crippen LogP contribution is -2.42. The Morgan fingerprint density at radius 2 is 1.96 bits per heavy atom. The molecule has 5 heteroatoms. The van der Waals surface area contributed by atoms with Crippen molar-refractivity contribution in [2.75, 3.05) is 32.7 Å². The lowest BCUT2D eigenvalue weighted by Gasteiger charge is -2.35. The molecule has 2 N–H and O–H groups in total. The van der Waals surface area contributed by atoms with Gasteiger partial charge in [-0.1, -0.05) is 12.1 Å². The molecule has 1 aromatic heterocycles. The maximum atomic E-state index is 12.3. The number of benzene rings is 1. The van der Waals surface area contributed by atoms with Crippen LogP contribution in [0.25, 0.3) is 11.0 Å². The highest BCUT2D eigenvalue weighted by Gasteiger charge is 2.25. The second-order valence-electron chi connectivity index (χ2n) is 7.06. The first-order valence-electron chi connectivity index (χ1n) is 8.93. The Bertz CT molecular complexity index is 705. The Morgan fingerprint density at radius 3 is 2.74 bits per heavy atom. The van der Waals surface area contributed by atoms with Gasteiger partial charge in [0.2, 0.25) is 0 Å². The van der Waals surface area contributed by atoms with E-state index in [-0.39, 0.29) is 5.69 Å². The number of likely N-dealkylation sites (tertiary alicyclic amines) is 1. The van der Waals surface area contributed by atoms with Crippen molar-refractivity contribution in [3.8, 4) is 0 Å². The average molecular weight is 314 g/mol. The fourth-order valence-corrected chi connectivity index (χ4v) is 4.24. The number of H-pyrrole nitrogens is 1. The SMILES string of the molecule is O=c1[nH]c2ccccc2n1C1CCN(CC2CCCNC2)CC1. The first-order valence-corrected chi connectivity index (χ1v) is 8.93. The van der Waals surface area contributed by atoms with Crippen LogP contribution in [-0.2, 0) is 0 Å². The Hall–Kier alpha value is -1.59. The number of para-hydroxylation sites is 2. The maximum absolute atomic E-state index is 12.3. The molecule has 3 heterocycles. The van der Waals surface area contributed by atoms with Crippen LogP contribution in [0.5, 0.6) is 0 Å². The predicted octanol–water partition coefficient (Wildman–Crippen LogP) is 1.97. The van der Waals surface area contributed by atoms with Crippen LogP contribution in [0.3, 0.4) is 0 Å². The van der Waals surface area contributed by atoms with Crippen molar-refractivity contribution < 1.29 is 0 Å². The minimum absolute atomic E-state index is 0.0427. The third-order valence-electron chi connectivity index (χ3n) is 5.46. The van der Waals surface area contributed by atoms with Crippen molar-refractivity contribution in [1.29, 1.82) is 0 Å². The summed E-state index contributed by atoms with van der Waals surface area (Å²) in [7, 11) is 0. The molecule has 1 aromatic carbocycles. The van der Waals surface area contributed by atoms with E-state index < -0.39 is 0 Å². The highest BCUT2D eigenvalue weighted by atomic mass is 16.1. The van der Waals surface area contributed by atoms with Gasteiger partial charge in [0, 0.05) is 25.7 Å². The van der Waals surface area contributed by atoms with Crippen LogP contribution in [0, 0.1) is 5.92 Å². The van der Waals surface area contributed by atoms with Crippen LogP contribution in [0.4, 0.5) is 0 Å². The van der Waals surface area contributed by atoms with E-state index in [1.54, 1.807) is 0 Å². The van der Waals surface area contributed by atoms with E-state index in [0.29, 0.717) is 6.04 Å². The summed E-state index contributed by atoms with van der Waals surface area (Å²) >= 11 is 0. The lowest BCUT2D eigenvalue weighted by atomic mass is 9.97. The number of rotatable bonds is 3. The maximum Gasteiger partial charge on any atom is 0.326 e. The molecule has 1 unspecified atom stereocenters. The van der Waals surface area contributed by atoms with E-state index in [1.165, 1.54) is 32.5 Å². The van der Waals surface area contributed by atoms with Crippen molar-refractivity contribution in [1.82, 2.24) is 19.8 Å². The van der Waals surface area contributed by atoms with Gasteiger partial charge in [0.25, 0.3) is 0 Å². The zero-order chi connectivity index (χ0) is 15.6. The summed E-state index contributed by atoms with van der Waals surface area (Å²) in [6.45, 7) is 5.77. The highest BCUT2D eigenvalue weighted by Crippen LogP contribution is 2.25. The lowest BCUT2D eigenvalue weighted by molar-refractivity contribution is 0.152. The van der Waals surface area contributed by atoms with Crippen LogP contribution in [0.1, 0.15) is 31.7 Å². The second-order valence-corrected chi connectivity index (χ2v) is 7.06. The minimum atomic E-state index is 0.0427. The molecule has 2 aliphatic heterocycles. The van der Waals surface area contributed by atoms with Crippen LogP contribution >= 0.6 is 0 Å². The van der Waals surface area contributed by atoms with Gasteiger partial charge in [-0.15, -0.1) is 0 Å². The van der Waals surface area contributed by atoms with Crippen molar-refractivity contribution >= 4 is 11.0 Å². The van der Waals surface area contributed by atoms with Crippen molar-refractivity contribution in [3.63, 3.8) is 0 Å². The van der Waals surface area contributed by atoms with Crippen LogP contribution in [0.15, 0.2) is 29.1 Å². The van der Waals surface area contributed by atoms with E-state index in [2.05, 4.69) is 15.2 Å². The Balaban J connectivity index is 1.42. The van der Waals surface area contributed by atoms with Gasteiger partial charge in [-0.2, -0.15) is 0 Å². The molecule has 4 rings (SSSR count). The number of nitrogens with zero attached hydrogens (tertiary/aromatic N) is 2. The van der Waals surface area contributed by atoms with E-state index in [4.69, 9.17) is 0 Å². The van der Waals surface area contributed by atoms with Gasteiger partial charge in [-0.3, -0.25) is 4.57 Å². The van der Waals surface area contributed by atoms with Gasteiger partial charge in [-0.05, 0) is 56.8 Å². The number of fused-ring (bicyclic) bond motifs is 1. The molecule has 124 valence electrons. The molecule has 1 atom stereocenters. The van der Waals surface area contributed by atoms with Gasteiger partial charge in [-0.25, -0.2) is 4.79 Å². The molecule has 0 bridgehead atoms. The molecule has 0 spiro atoms. The molecule has 0 aliphatic carbocycles. The summed E-state index contributed by atoms with van der Waals surface area (Å²) < 4.78 is 1.98. The van der Waals surface area contributed by atoms with Crippen LogP contribution in [0.2, 0.25) is 0 Å². The zero-order valence-electron chi connectivity index (χ0n) is 13.6. The molecule has 0 radical (unpaired) electrons. The molecule has 5 nitrogen and oxygen atoms in total. The largest absolute Gasteiger partial charge is 0.326 e. The van der Waals surface area contributed by atoms with Gasteiger partial charge < -0.3 is 15.2 Å². The molecule has 0 amide bonds. The Labute approximate surface area is 136 Å². The van der Waals surface area contributed by atoms with E-state index in [9.17, 15) is 4.79 Å². The van der Waals surface area contributed by atoms with E-state index in [1.807, 2.05) is 28.8 Å². The summed E-state index contributed by atoms with van der Waals surface area (Å²) in [6.07, 6.45) is 4.81. The van der Waals surface area contributed by atoms with E-state index >= 15 is 0 Å². The molecular formula is C18H26N4O. The van der Waals surface area contributed by atoms with Gasteiger partial charge in [0.1, 0.15) is 0 Å². The summed E-state index contributed by atoms with van der Waals surface area (Å²) in [4.78, 5) is 17.9. The number of aromatic amines is 1. The third kappa shape index (κ3) is 3.08. The predicted molar refractivity (Wildman–Crippen MR) is 92.9 cm³/mol. The average Bonchev–Trinajstić information content (AvgIpc) is 2.92. The Morgan fingerprint density at radius 1 is 1.13 bits per heavy atom. The first-order chi connectivity index (χ1) is 11.3. The minimum Gasteiger partial charge on any atom is -0.316 e. The van der Waals surface area contributed by atoms with Crippen molar-refractivity contribution in [2.45, 2.75) is 31.7 Å². The molecule has 2 aromatic rings. The standard InChI is InChI=1S/C18H26N4O/c23-18-20-16-5-1-2-6-17(16)22(18)15-7-10-21(11-8-15)13-14-4-3-9-19-12-14/h1-2,5-6,14-15,19H,3-4,7-13H2,(H,20,23). The molecule has 23 heavy (non-hydrogen) atoms. The van der Waals surface area contributed by atoms with Crippen molar-refractivity contribution in [2.24, 2.45) is 5.92 Å². The molecule has 2 fully saturated rings. The normalized spacial score (nSPS) is 24.3. The van der Waals surface area contributed by atoms with Crippen molar-refractivity contribution in [3.05, 3.63) is 34.7 Å². The number of aromatic nitrogens is 2. The summed E-state index contributed by atoms with van der Waals surface area (Å²) in [5.74, 6) is 0.802. The van der Waals surface area contributed by atoms with Gasteiger partial charge >= 0.3 is 5.69 Å². The number of piperidine rings is 2. The highest BCUT2D eigenvalue weighted by molar-refractivity contribution is 5.75. The number of hydrogen-bond donors (Lipinski definition) is 2. The Kier molecular flexibility index (Phi) is 4.23. The number of hydrogen-bond acceptors (Lipinski definition) is 3. The molecule has 2 saturated heterocycles.